The van der Waals surface area contributed by atoms with Gasteiger partial charge in [-0.25, -0.2) is 9.59 Å². The van der Waals surface area contributed by atoms with Gasteiger partial charge in [0, 0.05) is 11.3 Å². The zero-order valence-corrected chi connectivity index (χ0v) is 23.9. The number of anilines is 1. The minimum absolute atomic E-state index is 0.155. The van der Waals surface area contributed by atoms with E-state index in [1.807, 2.05) is 12.1 Å². The Kier molecular flexibility index (Phi) is 8.79. The van der Waals surface area contributed by atoms with Gasteiger partial charge in [-0.15, -0.1) is 10.2 Å². The maximum atomic E-state index is 12.9. The van der Waals surface area contributed by atoms with Crippen LogP contribution in [0.2, 0.25) is 5.02 Å². The first-order valence-corrected chi connectivity index (χ1v) is 13.6. The molecule has 9 nitrogen and oxygen atoms in total. The summed E-state index contributed by atoms with van der Waals surface area (Å²) in [7, 11) is 0. The Labute approximate surface area is 252 Å². The number of rotatable bonds is 9. The van der Waals surface area contributed by atoms with Crippen molar-refractivity contribution in [2.45, 2.75) is 26.0 Å². The van der Waals surface area contributed by atoms with Crippen LogP contribution in [0.5, 0.6) is 5.75 Å². The number of nitriles is 1. The topological polar surface area (TPSA) is 127 Å². The molecule has 0 spiro atoms. The molecule has 0 radical (unpaired) electrons. The minimum Gasteiger partial charge on any atom is -0.456 e. The molecule has 2 atom stereocenters. The molecular formula is C33H25ClN4O5. The largest absolute Gasteiger partial charge is 0.456 e. The fourth-order valence-corrected chi connectivity index (χ4v) is 4.44. The SMILES string of the molecule is Cc1c(N[C@@H](c2nnc(-c3ccc(OC(=O)c4ccccc4)cc3)o2)[C@@H](C)OC(=O)c2ccccc2)ccc(C#N)c1Cl. The van der Waals surface area contributed by atoms with Gasteiger partial charge < -0.3 is 19.2 Å². The van der Waals surface area contributed by atoms with Crippen LogP contribution in [0.25, 0.3) is 11.5 Å². The van der Waals surface area contributed by atoms with Gasteiger partial charge in [-0.05, 0) is 80.1 Å². The molecular weight excluding hydrogens is 568 g/mol. The lowest BCUT2D eigenvalue weighted by molar-refractivity contribution is 0.0282. The molecule has 1 heterocycles. The van der Waals surface area contributed by atoms with Crippen molar-refractivity contribution < 1.29 is 23.5 Å². The summed E-state index contributed by atoms with van der Waals surface area (Å²) >= 11 is 6.40. The second-order valence-electron chi connectivity index (χ2n) is 9.54. The van der Waals surface area contributed by atoms with E-state index >= 15 is 0 Å². The highest BCUT2D eigenvalue weighted by Crippen LogP contribution is 2.33. The van der Waals surface area contributed by atoms with E-state index < -0.39 is 24.1 Å². The van der Waals surface area contributed by atoms with Crippen LogP contribution in [-0.2, 0) is 4.74 Å². The van der Waals surface area contributed by atoms with E-state index in [1.165, 1.54) is 0 Å². The molecule has 214 valence electrons. The average Bonchev–Trinajstić information content (AvgIpc) is 3.53. The predicted molar refractivity (Wildman–Crippen MR) is 160 cm³/mol. The fourth-order valence-electron chi connectivity index (χ4n) is 4.24. The number of nitrogens with one attached hydrogen (secondary N) is 1. The fraction of sp³-hybridized carbons (Fsp3) is 0.121. The number of halogens is 1. The van der Waals surface area contributed by atoms with Crippen molar-refractivity contribution >= 4 is 29.2 Å². The quantitative estimate of drug-likeness (QED) is 0.140. The highest BCUT2D eigenvalue weighted by molar-refractivity contribution is 6.32. The van der Waals surface area contributed by atoms with Gasteiger partial charge in [-0.1, -0.05) is 48.0 Å². The summed E-state index contributed by atoms with van der Waals surface area (Å²) < 4.78 is 17.3. The zero-order chi connectivity index (χ0) is 30.3. The standard InChI is InChI=1S/C33H25ClN4O5/c1-20-27(18-15-25(19-35)28(20)34)36-29(21(2)41-32(39)23-9-5-3-6-10-23)31-38-37-30(43-31)22-13-16-26(17-14-22)42-33(40)24-11-7-4-8-12-24/h3-18,21,29,36H,1-2H3/t21-,29-/m1/s1. The second kappa shape index (κ2) is 13.0. The van der Waals surface area contributed by atoms with E-state index in [1.54, 1.807) is 98.8 Å². The molecule has 0 aliphatic heterocycles. The van der Waals surface area contributed by atoms with Crippen LogP contribution in [0.4, 0.5) is 5.69 Å². The molecule has 0 amide bonds. The van der Waals surface area contributed by atoms with Gasteiger partial charge in [-0.2, -0.15) is 5.26 Å². The number of carbonyl (C=O) groups is 2. The molecule has 0 fully saturated rings. The maximum Gasteiger partial charge on any atom is 0.343 e. The van der Waals surface area contributed by atoms with Crippen LogP contribution in [0.15, 0.2) is 101 Å². The van der Waals surface area contributed by atoms with Crippen molar-refractivity contribution in [3.05, 3.63) is 130 Å². The molecule has 10 heteroatoms. The highest BCUT2D eigenvalue weighted by Gasteiger charge is 2.30. The van der Waals surface area contributed by atoms with Crippen LogP contribution in [-0.4, -0.2) is 28.2 Å². The third kappa shape index (κ3) is 6.72. The van der Waals surface area contributed by atoms with E-state index in [2.05, 4.69) is 21.6 Å². The van der Waals surface area contributed by atoms with Crippen molar-refractivity contribution in [2.75, 3.05) is 5.32 Å². The number of hydrogen-bond donors (Lipinski definition) is 1. The highest BCUT2D eigenvalue weighted by atomic mass is 35.5. The van der Waals surface area contributed by atoms with E-state index in [9.17, 15) is 14.9 Å². The van der Waals surface area contributed by atoms with Crippen LogP contribution in [0.3, 0.4) is 0 Å². The van der Waals surface area contributed by atoms with E-state index in [4.69, 9.17) is 25.5 Å². The Hall–Kier alpha value is -5.46. The Morgan fingerprint density at radius 2 is 1.51 bits per heavy atom. The Bertz CT molecular complexity index is 1780. The van der Waals surface area contributed by atoms with Crippen molar-refractivity contribution in [2.24, 2.45) is 0 Å². The number of carbonyl (C=O) groups excluding carboxylic acids is 2. The summed E-state index contributed by atoms with van der Waals surface area (Å²) in [6.45, 7) is 3.48. The molecule has 1 aromatic heterocycles. The molecule has 4 aromatic carbocycles. The molecule has 0 aliphatic rings. The molecule has 0 saturated heterocycles. The number of benzene rings is 4. The van der Waals surface area contributed by atoms with Crippen molar-refractivity contribution in [1.82, 2.24) is 10.2 Å². The number of esters is 2. The first-order valence-electron chi connectivity index (χ1n) is 13.3. The van der Waals surface area contributed by atoms with E-state index in [0.29, 0.717) is 44.3 Å². The van der Waals surface area contributed by atoms with Gasteiger partial charge in [0.1, 0.15) is 24.0 Å². The smallest absolute Gasteiger partial charge is 0.343 e. The maximum absolute atomic E-state index is 12.9. The number of ether oxygens (including phenoxy) is 2. The molecule has 0 unspecified atom stereocenters. The summed E-state index contributed by atoms with van der Waals surface area (Å²) in [6, 6.07) is 28.5. The van der Waals surface area contributed by atoms with Gasteiger partial charge in [0.2, 0.25) is 11.8 Å². The molecule has 0 aliphatic carbocycles. The van der Waals surface area contributed by atoms with Gasteiger partial charge in [0.15, 0.2) is 0 Å². The van der Waals surface area contributed by atoms with Gasteiger partial charge >= 0.3 is 11.9 Å². The Balaban J connectivity index is 1.39. The van der Waals surface area contributed by atoms with E-state index in [-0.39, 0.29) is 11.8 Å². The molecule has 5 rings (SSSR count). The first-order chi connectivity index (χ1) is 20.8. The summed E-state index contributed by atoms with van der Waals surface area (Å²) in [6.07, 6.45) is -0.769. The average molecular weight is 593 g/mol. The van der Waals surface area contributed by atoms with Crippen molar-refractivity contribution in [1.29, 1.82) is 5.26 Å². The number of hydrogen-bond acceptors (Lipinski definition) is 9. The summed E-state index contributed by atoms with van der Waals surface area (Å²) in [4.78, 5) is 25.2. The normalized spacial score (nSPS) is 12.0. The molecule has 1 N–H and O–H groups in total. The zero-order valence-electron chi connectivity index (χ0n) is 23.2. The molecule has 43 heavy (non-hydrogen) atoms. The first kappa shape index (κ1) is 29.0. The lowest BCUT2D eigenvalue weighted by Crippen LogP contribution is -2.29. The summed E-state index contributed by atoms with van der Waals surface area (Å²) in [5, 5.41) is 21.4. The van der Waals surface area contributed by atoms with E-state index in [0.717, 1.165) is 0 Å². The Morgan fingerprint density at radius 1 is 0.884 bits per heavy atom. The van der Waals surface area contributed by atoms with Crippen LogP contribution in [0, 0.1) is 18.3 Å². The van der Waals surface area contributed by atoms with Gasteiger partial charge in [0.25, 0.3) is 0 Å². The minimum atomic E-state index is -0.775. The monoisotopic (exact) mass is 592 g/mol. The molecule has 0 saturated carbocycles. The lowest BCUT2D eigenvalue weighted by atomic mass is 10.1. The number of aromatic nitrogens is 2. The number of nitrogens with zero attached hydrogens (tertiary/aromatic N) is 3. The van der Waals surface area contributed by atoms with Gasteiger partial charge in [0.05, 0.1) is 21.7 Å². The van der Waals surface area contributed by atoms with Crippen molar-refractivity contribution in [3.8, 4) is 23.3 Å². The van der Waals surface area contributed by atoms with Gasteiger partial charge in [-0.3, -0.25) is 0 Å². The third-order valence-electron chi connectivity index (χ3n) is 6.62. The van der Waals surface area contributed by atoms with Crippen LogP contribution in [0.1, 0.15) is 50.7 Å². The Morgan fingerprint density at radius 3 is 2.14 bits per heavy atom. The third-order valence-corrected chi connectivity index (χ3v) is 7.10. The summed E-state index contributed by atoms with van der Waals surface area (Å²) in [5.41, 5.74) is 2.98. The second-order valence-corrected chi connectivity index (χ2v) is 9.91. The molecule has 0 bridgehead atoms. The summed E-state index contributed by atoms with van der Waals surface area (Å²) in [5.74, 6) is -0.275. The lowest BCUT2D eigenvalue weighted by Gasteiger charge is -2.24. The molecule has 5 aromatic rings. The van der Waals surface area contributed by atoms with Crippen LogP contribution < -0.4 is 10.1 Å². The van der Waals surface area contributed by atoms with Crippen LogP contribution >= 0.6 is 11.6 Å². The van der Waals surface area contributed by atoms with Crippen molar-refractivity contribution in [3.63, 3.8) is 0 Å². The predicted octanol–water partition coefficient (Wildman–Crippen LogP) is 7.19.